The molecular weight excluding hydrogens is 458 g/mol. The van der Waals surface area contributed by atoms with Crippen LogP contribution in [0.1, 0.15) is 65.7 Å². The van der Waals surface area contributed by atoms with E-state index in [4.69, 9.17) is 14.2 Å². The van der Waals surface area contributed by atoms with E-state index >= 15 is 0 Å². The SMILES string of the molecule is COC(=O)c1ccc(C2Nc3ccc(/C(C)=N/NC(=O)CC4(C)OCCO4)cc3C3C=CCC32)cc1. The number of nitrogens with zero attached hydrogens (tertiary/aromatic N) is 1. The topological polar surface area (TPSA) is 98.2 Å². The van der Waals surface area contributed by atoms with Gasteiger partial charge in [-0.05, 0) is 67.1 Å². The van der Waals surface area contributed by atoms with E-state index in [9.17, 15) is 9.59 Å². The molecule has 188 valence electrons. The highest BCUT2D eigenvalue weighted by Crippen LogP contribution is 2.50. The number of nitrogens with one attached hydrogen (secondary N) is 2. The van der Waals surface area contributed by atoms with Crippen molar-refractivity contribution in [3.63, 3.8) is 0 Å². The molecule has 2 aromatic carbocycles. The zero-order chi connectivity index (χ0) is 25.3. The van der Waals surface area contributed by atoms with Gasteiger partial charge >= 0.3 is 5.97 Å². The molecular formula is C28H31N3O5. The molecule has 8 heteroatoms. The molecule has 36 heavy (non-hydrogen) atoms. The predicted molar refractivity (Wildman–Crippen MR) is 136 cm³/mol. The first-order chi connectivity index (χ1) is 17.4. The summed E-state index contributed by atoms with van der Waals surface area (Å²) in [6.07, 6.45) is 5.58. The molecule has 2 aliphatic heterocycles. The molecule has 8 nitrogen and oxygen atoms in total. The van der Waals surface area contributed by atoms with Crippen molar-refractivity contribution in [3.05, 3.63) is 76.9 Å². The largest absolute Gasteiger partial charge is 0.465 e. The lowest BCUT2D eigenvalue weighted by Crippen LogP contribution is -2.33. The van der Waals surface area contributed by atoms with Gasteiger partial charge in [-0.1, -0.05) is 30.4 Å². The molecule has 3 unspecified atom stereocenters. The van der Waals surface area contributed by atoms with E-state index in [0.717, 1.165) is 28.9 Å². The maximum absolute atomic E-state index is 12.3. The number of allylic oxidation sites excluding steroid dienone is 2. The van der Waals surface area contributed by atoms with Crippen LogP contribution in [-0.2, 0) is 19.0 Å². The summed E-state index contributed by atoms with van der Waals surface area (Å²) in [6.45, 7) is 4.63. The highest BCUT2D eigenvalue weighted by atomic mass is 16.7. The molecule has 2 aromatic rings. The Labute approximate surface area is 210 Å². The fraction of sp³-hybridized carbons (Fsp3) is 0.393. The van der Waals surface area contributed by atoms with Crippen molar-refractivity contribution in [2.75, 3.05) is 25.6 Å². The van der Waals surface area contributed by atoms with Crippen molar-refractivity contribution in [1.29, 1.82) is 0 Å². The Morgan fingerprint density at radius 3 is 2.58 bits per heavy atom. The minimum atomic E-state index is -0.884. The van der Waals surface area contributed by atoms with Gasteiger partial charge in [0.1, 0.15) is 0 Å². The van der Waals surface area contributed by atoms with Gasteiger partial charge in [0.25, 0.3) is 0 Å². The summed E-state index contributed by atoms with van der Waals surface area (Å²) in [7, 11) is 1.39. The van der Waals surface area contributed by atoms with Gasteiger partial charge in [0.2, 0.25) is 5.91 Å². The van der Waals surface area contributed by atoms with Crippen molar-refractivity contribution < 1.29 is 23.8 Å². The van der Waals surface area contributed by atoms with Gasteiger partial charge in [-0.2, -0.15) is 5.10 Å². The average molecular weight is 490 g/mol. The van der Waals surface area contributed by atoms with Gasteiger partial charge in [-0.15, -0.1) is 0 Å². The Kier molecular flexibility index (Phi) is 6.64. The van der Waals surface area contributed by atoms with E-state index in [-0.39, 0.29) is 30.3 Å². The molecule has 5 rings (SSSR count). The molecule has 1 amide bonds. The Bertz CT molecular complexity index is 1210. The first-order valence-electron chi connectivity index (χ1n) is 12.2. The molecule has 0 aromatic heterocycles. The van der Waals surface area contributed by atoms with E-state index in [1.165, 1.54) is 12.7 Å². The monoisotopic (exact) mass is 489 g/mol. The first-order valence-corrected chi connectivity index (χ1v) is 12.2. The van der Waals surface area contributed by atoms with E-state index in [0.29, 0.717) is 24.7 Å². The Morgan fingerprint density at radius 2 is 1.86 bits per heavy atom. The maximum atomic E-state index is 12.3. The molecule has 0 saturated carbocycles. The van der Waals surface area contributed by atoms with Crippen molar-refractivity contribution in [1.82, 2.24) is 5.43 Å². The molecule has 1 saturated heterocycles. The van der Waals surface area contributed by atoms with Gasteiger partial charge in [-0.25, -0.2) is 10.2 Å². The molecule has 0 radical (unpaired) electrons. The number of carbonyl (C=O) groups is 2. The van der Waals surface area contributed by atoms with Crippen LogP contribution in [0.25, 0.3) is 0 Å². The number of esters is 1. The summed E-state index contributed by atoms with van der Waals surface area (Å²) in [6, 6.07) is 14.0. The average Bonchev–Trinajstić information content (AvgIpc) is 3.56. The number of methoxy groups -OCH3 is 1. The highest BCUT2D eigenvalue weighted by Gasteiger charge is 2.38. The van der Waals surface area contributed by atoms with Crippen LogP contribution >= 0.6 is 0 Å². The van der Waals surface area contributed by atoms with Crippen molar-refractivity contribution in [3.8, 4) is 0 Å². The number of benzene rings is 2. The lowest BCUT2D eigenvalue weighted by atomic mass is 9.76. The van der Waals surface area contributed by atoms with Crippen LogP contribution in [0.5, 0.6) is 0 Å². The second-order valence-electron chi connectivity index (χ2n) is 9.63. The van der Waals surface area contributed by atoms with E-state index in [2.05, 4.69) is 40.1 Å². The predicted octanol–water partition coefficient (Wildman–Crippen LogP) is 4.29. The Morgan fingerprint density at radius 1 is 1.14 bits per heavy atom. The zero-order valence-electron chi connectivity index (χ0n) is 20.7. The lowest BCUT2D eigenvalue weighted by molar-refractivity contribution is -0.159. The van der Waals surface area contributed by atoms with Crippen molar-refractivity contribution >= 4 is 23.3 Å². The van der Waals surface area contributed by atoms with E-state index in [1.54, 1.807) is 6.92 Å². The van der Waals surface area contributed by atoms with Gasteiger partial charge in [0.15, 0.2) is 5.79 Å². The highest BCUT2D eigenvalue weighted by molar-refractivity contribution is 6.00. The molecule has 2 heterocycles. The fourth-order valence-electron chi connectivity index (χ4n) is 5.29. The molecule has 0 spiro atoms. The summed E-state index contributed by atoms with van der Waals surface area (Å²) in [5.41, 5.74) is 8.29. The molecule has 1 aliphatic carbocycles. The first kappa shape index (κ1) is 24.2. The van der Waals surface area contributed by atoms with Crippen LogP contribution < -0.4 is 10.7 Å². The van der Waals surface area contributed by atoms with Gasteiger partial charge in [0, 0.05) is 11.6 Å². The smallest absolute Gasteiger partial charge is 0.337 e. The molecule has 0 bridgehead atoms. The van der Waals surface area contributed by atoms with Crippen LogP contribution in [-0.4, -0.2) is 43.7 Å². The standard InChI is InChI=1S/C28H31N3O5/c1-17(30-31-25(32)16-28(2)35-13-14-36-28)20-11-12-24-23(15-20)21-5-4-6-22(21)26(29-24)18-7-9-19(10-8-18)27(33)34-3/h4-5,7-12,15,21-22,26,29H,6,13-14,16H2,1-3H3,(H,31,32)/b30-17+. The lowest BCUT2D eigenvalue weighted by Gasteiger charge is -2.37. The second-order valence-corrected chi connectivity index (χ2v) is 9.63. The van der Waals surface area contributed by atoms with Gasteiger partial charge in [0.05, 0.1) is 44.1 Å². The number of carbonyl (C=O) groups excluding carboxylic acids is 2. The second kappa shape index (κ2) is 9.87. The van der Waals surface area contributed by atoms with Crippen LogP contribution in [0.2, 0.25) is 0 Å². The quantitative estimate of drug-likeness (QED) is 0.272. The normalized spacial score (nSPS) is 24.0. The third-order valence-corrected chi connectivity index (χ3v) is 7.20. The summed E-state index contributed by atoms with van der Waals surface area (Å²) in [5, 5.41) is 8.04. The maximum Gasteiger partial charge on any atom is 0.337 e. The summed E-state index contributed by atoms with van der Waals surface area (Å²) in [5.74, 6) is -0.839. The summed E-state index contributed by atoms with van der Waals surface area (Å²) < 4.78 is 15.8. The summed E-state index contributed by atoms with van der Waals surface area (Å²) >= 11 is 0. The van der Waals surface area contributed by atoms with Gasteiger partial charge < -0.3 is 19.5 Å². The molecule has 3 aliphatic rings. The molecule has 2 N–H and O–H groups in total. The summed E-state index contributed by atoms with van der Waals surface area (Å²) in [4.78, 5) is 24.2. The fourth-order valence-corrected chi connectivity index (χ4v) is 5.29. The Hall–Kier alpha value is -3.49. The van der Waals surface area contributed by atoms with Crippen LogP contribution in [0, 0.1) is 5.92 Å². The number of ether oxygens (including phenoxy) is 3. The van der Waals surface area contributed by atoms with Crippen LogP contribution in [0.15, 0.2) is 59.7 Å². The number of anilines is 1. The van der Waals surface area contributed by atoms with Crippen LogP contribution in [0.4, 0.5) is 5.69 Å². The number of hydrogen-bond acceptors (Lipinski definition) is 7. The number of rotatable bonds is 6. The van der Waals surface area contributed by atoms with E-state index in [1.807, 2.05) is 37.3 Å². The van der Waals surface area contributed by atoms with Crippen LogP contribution in [0.3, 0.4) is 0 Å². The zero-order valence-corrected chi connectivity index (χ0v) is 20.7. The number of fused-ring (bicyclic) bond motifs is 3. The molecule has 3 atom stereocenters. The minimum Gasteiger partial charge on any atom is -0.465 e. The van der Waals surface area contributed by atoms with E-state index < -0.39 is 5.79 Å². The number of hydrogen-bond donors (Lipinski definition) is 2. The number of hydrazone groups is 1. The number of amides is 1. The van der Waals surface area contributed by atoms with Gasteiger partial charge in [-0.3, -0.25) is 4.79 Å². The Balaban J connectivity index is 1.32. The third-order valence-electron chi connectivity index (χ3n) is 7.20. The minimum absolute atomic E-state index is 0.0917. The third kappa shape index (κ3) is 4.79. The van der Waals surface area contributed by atoms with Crippen molar-refractivity contribution in [2.45, 2.75) is 44.4 Å². The van der Waals surface area contributed by atoms with Crippen molar-refractivity contribution in [2.24, 2.45) is 11.0 Å². The molecule has 1 fully saturated rings.